The lowest BCUT2D eigenvalue weighted by Gasteiger charge is -2.21. The number of carbonyl (C=O) groups excluding carboxylic acids is 3. The van der Waals surface area contributed by atoms with Gasteiger partial charge in [0.25, 0.3) is 5.91 Å². The highest BCUT2D eigenvalue weighted by Crippen LogP contribution is 2.31. The van der Waals surface area contributed by atoms with Crippen LogP contribution >= 0.6 is 0 Å². The quantitative estimate of drug-likeness (QED) is 0.0316. The molecular formula is C40H45N7O6. The van der Waals surface area contributed by atoms with E-state index in [1.165, 1.54) is 12.0 Å². The van der Waals surface area contributed by atoms with Gasteiger partial charge < -0.3 is 24.1 Å². The van der Waals surface area contributed by atoms with Crippen molar-refractivity contribution in [3.8, 4) is 11.5 Å². The molecule has 0 spiro atoms. The van der Waals surface area contributed by atoms with E-state index in [2.05, 4.69) is 22.5 Å². The first-order valence-electron chi connectivity index (χ1n) is 17.6. The van der Waals surface area contributed by atoms with Crippen LogP contribution in [0.15, 0.2) is 85.1 Å². The van der Waals surface area contributed by atoms with E-state index >= 15 is 0 Å². The number of fused-ring (bicyclic) bond motifs is 1. The normalized spacial score (nSPS) is 10.8. The minimum absolute atomic E-state index is 0.0375. The van der Waals surface area contributed by atoms with E-state index in [1.54, 1.807) is 54.7 Å². The number of aryl methyl sites for hydroxylation is 2. The van der Waals surface area contributed by atoms with Crippen LogP contribution < -0.4 is 25.0 Å². The van der Waals surface area contributed by atoms with Crippen LogP contribution in [0.1, 0.15) is 66.3 Å². The Bertz CT molecular complexity index is 2050. The number of nitrogens with zero attached hydrogens (tertiary/aromatic N) is 4. The predicted octanol–water partition coefficient (Wildman–Crippen LogP) is 7.17. The summed E-state index contributed by atoms with van der Waals surface area (Å²) in [6.07, 6.45) is 4.89. The maximum Gasteiger partial charge on any atom is 0.412 e. The van der Waals surface area contributed by atoms with Gasteiger partial charge in [0.1, 0.15) is 17.5 Å². The average Bonchev–Trinajstić information content (AvgIpc) is 3.49. The molecule has 2 aromatic heterocycles. The number of nitrogens with one attached hydrogen (secondary N) is 3. The molecule has 0 unspecified atom stereocenters. The largest absolute Gasteiger partial charge is 0.493 e. The van der Waals surface area contributed by atoms with E-state index in [1.807, 2.05) is 48.9 Å². The number of pyridine rings is 1. The second-order valence-corrected chi connectivity index (χ2v) is 12.4. The number of para-hydroxylation sites is 1. The first-order valence-corrected chi connectivity index (χ1v) is 17.6. The molecule has 0 atom stereocenters. The van der Waals surface area contributed by atoms with E-state index in [4.69, 9.17) is 24.6 Å². The zero-order valence-electron chi connectivity index (χ0n) is 30.5. The lowest BCUT2D eigenvalue weighted by Crippen LogP contribution is -2.34. The molecule has 0 saturated heterocycles. The molecule has 0 aliphatic rings. The summed E-state index contributed by atoms with van der Waals surface area (Å²) in [5.41, 5.74) is 3.96. The summed E-state index contributed by atoms with van der Waals surface area (Å²) in [6.45, 7) is 4.70. The van der Waals surface area contributed by atoms with Gasteiger partial charge in [0.05, 0.1) is 37.7 Å². The summed E-state index contributed by atoms with van der Waals surface area (Å²) in [4.78, 5) is 49.6. The molecule has 0 aliphatic heterocycles. The molecule has 0 saturated carbocycles. The van der Waals surface area contributed by atoms with Gasteiger partial charge in [-0.25, -0.2) is 14.8 Å². The second-order valence-electron chi connectivity index (χ2n) is 12.4. The van der Waals surface area contributed by atoms with Crippen LogP contribution in [-0.4, -0.2) is 58.6 Å². The minimum atomic E-state index is -0.634. The minimum Gasteiger partial charge on any atom is -0.493 e. The van der Waals surface area contributed by atoms with Crippen LogP contribution in [0, 0.1) is 12.3 Å². The molecule has 2 amide bonds. The maximum atomic E-state index is 14.0. The van der Waals surface area contributed by atoms with Gasteiger partial charge in [0.2, 0.25) is 0 Å². The average molecular weight is 720 g/mol. The van der Waals surface area contributed by atoms with E-state index < -0.39 is 12.1 Å². The summed E-state index contributed by atoms with van der Waals surface area (Å²) >= 11 is 0. The number of imidazole rings is 1. The number of esters is 1. The summed E-state index contributed by atoms with van der Waals surface area (Å²) in [5.74, 6) is 1.04. The fourth-order valence-electron chi connectivity index (χ4n) is 5.66. The molecule has 3 N–H and O–H groups in total. The van der Waals surface area contributed by atoms with Crippen LogP contribution in [0.4, 0.5) is 16.3 Å². The predicted molar refractivity (Wildman–Crippen MR) is 204 cm³/mol. The van der Waals surface area contributed by atoms with Gasteiger partial charge >= 0.3 is 12.1 Å². The third-order valence-electron chi connectivity index (χ3n) is 8.62. The molecule has 3 aromatic carbocycles. The van der Waals surface area contributed by atoms with E-state index in [0.29, 0.717) is 47.1 Å². The molecule has 276 valence electrons. The van der Waals surface area contributed by atoms with Gasteiger partial charge in [-0.15, -0.1) is 0 Å². The molecule has 13 nitrogen and oxygen atoms in total. The van der Waals surface area contributed by atoms with Crippen molar-refractivity contribution in [3.05, 3.63) is 108 Å². The Morgan fingerprint density at radius 2 is 1.74 bits per heavy atom. The first kappa shape index (κ1) is 38.0. The highest BCUT2D eigenvalue weighted by Gasteiger charge is 2.23. The fourth-order valence-corrected chi connectivity index (χ4v) is 5.66. The number of anilines is 2. The molecule has 5 aromatic rings. The Balaban J connectivity index is 1.22. The van der Waals surface area contributed by atoms with Crippen molar-refractivity contribution >= 4 is 46.3 Å². The van der Waals surface area contributed by atoms with Crippen molar-refractivity contribution in [1.82, 2.24) is 19.9 Å². The van der Waals surface area contributed by atoms with Crippen molar-refractivity contribution in [3.63, 3.8) is 0 Å². The second kappa shape index (κ2) is 18.3. The van der Waals surface area contributed by atoms with E-state index in [9.17, 15) is 14.4 Å². The highest BCUT2D eigenvalue weighted by atomic mass is 16.6. The number of aromatic nitrogens is 3. The number of methoxy groups -OCH3 is 1. The van der Waals surface area contributed by atoms with E-state index in [0.717, 1.165) is 48.3 Å². The van der Waals surface area contributed by atoms with Crippen LogP contribution in [0.2, 0.25) is 0 Å². The van der Waals surface area contributed by atoms with Gasteiger partial charge in [-0.1, -0.05) is 44.4 Å². The number of amidine groups is 1. The molecular weight excluding hydrogens is 674 g/mol. The Morgan fingerprint density at radius 3 is 2.47 bits per heavy atom. The van der Waals surface area contributed by atoms with E-state index in [-0.39, 0.29) is 24.7 Å². The van der Waals surface area contributed by atoms with Crippen molar-refractivity contribution in [2.24, 2.45) is 7.05 Å². The number of alkyl carbamates (subject to hydrolysis) is 1. The monoisotopic (exact) mass is 719 g/mol. The van der Waals surface area contributed by atoms with Gasteiger partial charge in [-0.05, 0) is 79.6 Å². The number of unbranched alkanes of at least 4 members (excludes halogenated alkanes) is 3. The molecule has 53 heavy (non-hydrogen) atoms. The maximum absolute atomic E-state index is 14.0. The van der Waals surface area contributed by atoms with Crippen LogP contribution in [-0.2, 0) is 23.1 Å². The molecule has 0 radical (unpaired) electrons. The van der Waals surface area contributed by atoms with Gasteiger partial charge in [0, 0.05) is 36.6 Å². The third kappa shape index (κ3) is 9.97. The topological polar surface area (TPSA) is 161 Å². The van der Waals surface area contributed by atoms with Crippen LogP contribution in [0.25, 0.3) is 11.0 Å². The molecule has 2 heterocycles. The zero-order chi connectivity index (χ0) is 37.7. The number of benzene rings is 3. The summed E-state index contributed by atoms with van der Waals surface area (Å²) in [5, 5.41) is 14.0. The van der Waals surface area contributed by atoms with Crippen molar-refractivity contribution < 1.29 is 28.6 Å². The number of hydrogen-bond donors (Lipinski definition) is 3. The van der Waals surface area contributed by atoms with Crippen molar-refractivity contribution in [1.29, 1.82) is 5.41 Å². The fraction of sp³-hybridized carbons (Fsp3) is 0.300. The molecule has 0 aliphatic carbocycles. The van der Waals surface area contributed by atoms with Crippen LogP contribution in [0.3, 0.4) is 0 Å². The summed E-state index contributed by atoms with van der Waals surface area (Å²) in [6, 6.07) is 23.1. The van der Waals surface area contributed by atoms with Gasteiger partial charge in [-0.3, -0.25) is 25.2 Å². The molecule has 13 heteroatoms. The number of ether oxygens (including phenoxy) is 3. The summed E-state index contributed by atoms with van der Waals surface area (Å²) < 4.78 is 18.1. The highest BCUT2D eigenvalue weighted by molar-refractivity contribution is 6.07. The van der Waals surface area contributed by atoms with Crippen LogP contribution in [0.5, 0.6) is 11.5 Å². The molecule has 0 fully saturated rings. The zero-order valence-corrected chi connectivity index (χ0v) is 30.5. The Hall–Kier alpha value is -6.24. The number of carbonyl (C=O) groups is 3. The standard InChI is InChI=1S/C40H45N7O6/c1-5-6-7-10-24-52-40(50)45-38(41)28-15-18-30(19-16-28)43-26-35-44-31-25-29(17-20-32(31)46(35)3)39(49)47(34-14-8-9-22-42-34)23-21-36(48)53-37-27(2)12-11-13-33(37)51-4/h8-9,11-20,22,25,43H,5-7,10,21,23-24,26H2,1-4H3,(H2,41,45,50). The first-order chi connectivity index (χ1) is 25.7. The number of hydrogen-bond acceptors (Lipinski definition) is 10. The molecule has 5 rings (SSSR count). The third-order valence-corrected chi connectivity index (χ3v) is 8.62. The van der Waals surface area contributed by atoms with Crippen molar-refractivity contribution in [2.45, 2.75) is 52.5 Å². The Labute approximate surface area is 308 Å². The Kier molecular flexibility index (Phi) is 13.1. The van der Waals surface area contributed by atoms with Crippen molar-refractivity contribution in [2.75, 3.05) is 30.5 Å². The number of rotatable bonds is 16. The van der Waals surface area contributed by atoms with Gasteiger partial charge in [-0.2, -0.15) is 0 Å². The van der Waals surface area contributed by atoms with Gasteiger partial charge in [0.15, 0.2) is 11.5 Å². The lowest BCUT2D eigenvalue weighted by atomic mass is 10.1. The lowest BCUT2D eigenvalue weighted by molar-refractivity contribution is -0.134. The SMILES string of the molecule is CCCCCCOC(=O)NC(=N)c1ccc(NCc2nc3cc(C(=O)N(CCC(=O)Oc4c(C)cccc4OC)c4ccccn4)ccc3n2C)cc1. The smallest absolute Gasteiger partial charge is 0.412 e. The Morgan fingerprint density at radius 1 is 0.943 bits per heavy atom. The molecule has 0 bridgehead atoms. The number of amides is 2. The summed E-state index contributed by atoms with van der Waals surface area (Å²) in [7, 11) is 3.42.